The summed E-state index contributed by atoms with van der Waals surface area (Å²) in [4.78, 5) is 25.5. The van der Waals surface area contributed by atoms with E-state index in [1.807, 2.05) is 0 Å². The number of ketones is 1. The summed E-state index contributed by atoms with van der Waals surface area (Å²) in [6.45, 7) is 6.38. The maximum absolute atomic E-state index is 13.2. The van der Waals surface area contributed by atoms with Gasteiger partial charge in [0.05, 0.1) is 0 Å². The van der Waals surface area contributed by atoms with Gasteiger partial charge >= 0.3 is 5.97 Å². The Kier molecular flexibility index (Phi) is 31.4. The summed E-state index contributed by atoms with van der Waals surface area (Å²) in [6, 6.07) is 0. The van der Waals surface area contributed by atoms with Crippen LogP contribution in [0.15, 0.2) is 12.7 Å². The molecular formula is C39H74O4. The van der Waals surface area contributed by atoms with Crippen LogP contribution in [0.3, 0.4) is 0 Å². The Bertz CT molecular complexity index is 631. The highest BCUT2D eigenvalue weighted by molar-refractivity contribution is 6.03. The molecule has 0 amide bonds. The largest absolute Gasteiger partial charge is 0.480 e. The maximum Gasteiger partial charge on any atom is 0.317 e. The van der Waals surface area contributed by atoms with E-state index < -0.39 is 11.4 Å². The fourth-order valence-corrected chi connectivity index (χ4v) is 6.47. The van der Waals surface area contributed by atoms with Crippen molar-refractivity contribution in [3.05, 3.63) is 12.7 Å². The molecule has 0 spiro atoms. The normalized spacial score (nSPS) is 12.8. The summed E-state index contributed by atoms with van der Waals surface area (Å²) in [5, 5.41) is 18.9. The lowest BCUT2D eigenvalue weighted by molar-refractivity contribution is -0.155. The van der Waals surface area contributed by atoms with Crippen LogP contribution in [0.2, 0.25) is 0 Å². The number of aliphatic hydroxyl groups excluding tert-OH is 1. The Morgan fingerprint density at radius 2 is 0.860 bits per heavy atom. The summed E-state index contributed by atoms with van der Waals surface area (Å²) >= 11 is 0. The van der Waals surface area contributed by atoms with Crippen molar-refractivity contribution < 1.29 is 19.8 Å². The zero-order valence-corrected chi connectivity index (χ0v) is 28.8. The SMILES string of the molecule is C=CCC(CCCCCCCCCCCCCCCC)(C(=O)O)C(=O)CCCCCCCCCCCCCCCCCO. The van der Waals surface area contributed by atoms with Crippen LogP contribution in [0, 0.1) is 5.41 Å². The molecule has 0 aliphatic carbocycles. The van der Waals surface area contributed by atoms with Gasteiger partial charge in [0.15, 0.2) is 0 Å². The van der Waals surface area contributed by atoms with E-state index in [2.05, 4.69) is 13.5 Å². The third-order valence-corrected chi connectivity index (χ3v) is 9.45. The molecule has 43 heavy (non-hydrogen) atoms. The van der Waals surface area contributed by atoms with E-state index in [-0.39, 0.29) is 12.2 Å². The van der Waals surface area contributed by atoms with Gasteiger partial charge in [-0.05, 0) is 25.7 Å². The van der Waals surface area contributed by atoms with Crippen molar-refractivity contribution in [3.8, 4) is 0 Å². The Labute approximate surface area is 268 Å². The van der Waals surface area contributed by atoms with Gasteiger partial charge in [0, 0.05) is 13.0 Å². The van der Waals surface area contributed by atoms with Crippen molar-refractivity contribution in [1.29, 1.82) is 0 Å². The smallest absolute Gasteiger partial charge is 0.317 e. The van der Waals surface area contributed by atoms with E-state index in [1.54, 1.807) is 6.08 Å². The van der Waals surface area contributed by atoms with Crippen LogP contribution >= 0.6 is 0 Å². The average Bonchev–Trinajstić information content (AvgIpc) is 3.00. The van der Waals surface area contributed by atoms with Crippen molar-refractivity contribution in [2.24, 2.45) is 5.41 Å². The molecule has 0 radical (unpaired) electrons. The Hall–Kier alpha value is -1.16. The molecule has 0 saturated carbocycles. The van der Waals surface area contributed by atoms with Gasteiger partial charge in [-0.25, -0.2) is 0 Å². The zero-order valence-electron chi connectivity index (χ0n) is 28.8. The summed E-state index contributed by atoms with van der Waals surface area (Å²) in [5.74, 6) is -1.03. The van der Waals surface area contributed by atoms with Gasteiger partial charge in [-0.3, -0.25) is 9.59 Å². The number of allylic oxidation sites excluding steroid dienone is 1. The summed E-state index contributed by atoms with van der Waals surface area (Å²) in [5.41, 5.74) is -1.27. The molecule has 1 atom stereocenters. The van der Waals surface area contributed by atoms with Gasteiger partial charge in [-0.1, -0.05) is 186 Å². The molecule has 0 aromatic heterocycles. The number of unbranched alkanes of at least 4 members (excludes halogenated alkanes) is 27. The number of carbonyl (C=O) groups excluding carboxylic acids is 1. The Morgan fingerprint density at radius 3 is 1.19 bits per heavy atom. The first-order valence-corrected chi connectivity index (χ1v) is 19.0. The van der Waals surface area contributed by atoms with Crippen LogP contribution in [0.1, 0.15) is 212 Å². The predicted molar refractivity (Wildman–Crippen MR) is 186 cm³/mol. The van der Waals surface area contributed by atoms with E-state index in [4.69, 9.17) is 5.11 Å². The molecule has 0 aromatic carbocycles. The minimum Gasteiger partial charge on any atom is -0.480 e. The summed E-state index contributed by atoms with van der Waals surface area (Å²) < 4.78 is 0. The van der Waals surface area contributed by atoms with Crippen LogP contribution < -0.4 is 0 Å². The van der Waals surface area contributed by atoms with E-state index in [9.17, 15) is 14.7 Å². The van der Waals surface area contributed by atoms with Gasteiger partial charge in [0.1, 0.15) is 11.2 Å². The van der Waals surface area contributed by atoms with E-state index in [1.165, 1.54) is 141 Å². The second-order valence-electron chi connectivity index (χ2n) is 13.4. The van der Waals surface area contributed by atoms with Gasteiger partial charge < -0.3 is 10.2 Å². The van der Waals surface area contributed by atoms with Crippen LogP contribution in [0.4, 0.5) is 0 Å². The average molecular weight is 607 g/mol. The third kappa shape index (κ3) is 24.8. The highest BCUT2D eigenvalue weighted by atomic mass is 16.4. The van der Waals surface area contributed by atoms with Crippen molar-refractivity contribution in [1.82, 2.24) is 0 Å². The second-order valence-corrected chi connectivity index (χ2v) is 13.4. The van der Waals surface area contributed by atoms with Crippen LogP contribution in [0.5, 0.6) is 0 Å². The summed E-state index contributed by atoms with van der Waals surface area (Å²) in [6.07, 6.45) is 38.6. The quantitative estimate of drug-likeness (QED) is 0.0422. The Morgan fingerprint density at radius 1 is 0.535 bits per heavy atom. The number of Topliss-reactive ketones (excluding diaryl/α,β-unsaturated/α-hetero) is 1. The number of hydrogen-bond acceptors (Lipinski definition) is 3. The molecule has 4 nitrogen and oxygen atoms in total. The number of carboxylic acid groups (broad SMARTS) is 1. The van der Waals surface area contributed by atoms with Crippen molar-refractivity contribution in [2.45, 2.75) is 212 Å². The van der Waals surface area contributed by atoms with Gasteiger partial charge in [-0.2, -0.15) is 0 Å². The molecule has 0 aromatic rings. The lowest BCUT2D eigenvalue weighted by atomic mass is 9.74. The Balaban J connectivity index is 3.91. The molecular weight excluding hydrogens is 532 g/mol. The lowest BCUT2D eigenvalue weighted by Crippen LogP contribution is -2.39. The van der Waals surface area contributed by atoms with Gasteiger partial charge in [-0.15, -0.1) is 6.58 Å². The van der Waals surface area contributed by atoms with E-state index in [0.29, 0.717) is 19.4 Å². The first-order valence-electron chi connectivity index (χ1n) is 19.0. The number of carboxylic acids is 1. The maximum atomic E-state index is 13.2. The van der Waals surface area contributed by atoms with E-state index in [0.717, 1.165) is 44.9 Å². The number of carbonyl (C=O) groups is 2. The number of hydrogen-bond donors (Lipinski definition) is 2. The van der Waals surface area contributed by atoms with Crippen molar-refractivity contribution in [3.63, 3.8) is 0 Å². The number of aliphatic hydroxyl groups is 1. The van der Waals surface area contributed by atoms with Crippen LogP contribution in [-0.2, 0) is 9.59 Å². The van der Waals surface area contributed by atoms with Crippen LogP contribution in [-0.4, -0.2) is 28.6 Å². The molecule has 1 unspecified atom stereocenters. The molecule has 254 valence electrons. The fourth-order valence-electron chi connectivity index (χ4n) is 6.47. The molecule has 0 bridgehead atoms. The minimum atomic E-state index is -1.27. The number of rotatable bonds is 36. The third-order valence-electron chi connectivity index (χ3n) is 9.45. The molecule has 0 aliphatic heterocycles. The van der Waals surface area contributed by atoms with Gasteiger partial charge in [0.25, 0.3) is 0 Å². The van der Waals surface area contributed by atoms with Crippen LogP contribution in [0.25, 0.3) is 0 Å². The highest BCUT2D eigenvalue weighted by Crippen LogP contribution is 2.34. The predicted octanol–water partition coefficient (Wildman–Crippen LogP) is 12.3. The lowest BCUT2D eigenvalue weighted by Gasteiger charge is -2.27. The first-order chi connectivity index (χ1) is 21.0. The standard InChI is InChI=1S/C39H74O4/c1-3-5-6-7-8-9-10-11-16-19-22-25-28-31-35-39(34-4-2,38(42)43)37(41)33-30-27-24-21-18-15-13-12-14-17-20-23-26-29-32-36-40/h4,40H,2-3,5-36H2,1H3,(H,42,43). The monoisotopic (exact) mass is 607 g/mol. The molecule has 0 saturated heterocycles. The fraction of sp³-hybridized carbons (Fsp3) is 0.897. The first kappa shape index (κ1) is 41.8. The van der Waals surface area contributed by atoms with E-state index >= 15 is 0 Å². The van der Waals surface area contributed by atoms with Crippen molar-refractivity contribution >= 4 is 11.8 Å². The highest BCUT2D eigenvalue weighted by Gasteiger charge is 2.43. The molecule has 0 aliphatic rings. The molecule has 0 fully saturated rings. The molecule has 4 heteroatoms. The summed E-state index contributed by atoms with van der Waals surface area (Å²) in [7, 11) is 0. The topological polar surface area (TPSA) is 74.6 Å². The minimum absolute atomic E-state index is 0.0806. The van der Waals surface area contributed by atoms with Crippen molar-refractivity contribution in [2.75, 3.05) is 6.61 Å². The zero-order chi connectivity index (χ0) is 31.7. The molecule has 0 rings (SSSR count). The van der Waals surface area contributed by atoms with Gasteiger partial charge in [0.2, 0.25) is 0 Å². The molecule has 2 N–H and O–H groups in total. The molecule has 0 heterocycles. The second kappa shape index (κ2) is 32.2. The number of aliphatic carboxylic acids is 1.